The lowest BCUT2D eigenvalue weighted by Gasteiger charge is -2.38. The standard InChI is InChI=1S/C45H80O3/c1-7-9-11-13-15-17-19-21-23-25-27-29-31-33-36-45(6)37-35-41-40(5)43(38(3)39(4)44(41)48-45)47-42(46)34-32-30-28-26-24-22-20-18-16-14-12-10-8-2/h7-37H2,1-6H3. The minimum Gasteiger partial charge on any atom is -0.487 e. The number of unbranched alkanes of at least 4 members (excludes halogenated alkanes) is 25. The molecule has 0 aliphatic carbocycles. The molecule has 1 aliphatic heterocycles. The van der Waals surface area contributed by atoms with Crippen molar-refractivity contribution >= 4 is 5.97 Å². The molecule has 1 aromatic carbocycles. The van der Waals surface area contributed by atoms with Crippen LogP contribution in [-0.2, 0) is 11.2 Å². The number of fused-ring (bicyclic) bond motifs is 1. The Morgan fingerprint density at radius 3 is 1.40 bits per heavy atom. The molecule has 0 fully saturated rings. The number of rotatable bonds is 30. The minimum absolute atomic E-state index is 0.0806. The predicted octanol–water partition coefficient (Wildman–Crippen LogP) is 15.0. The van der Waals surface area contributed by atoms with Crippen LogP contribution in [0.2, 0.25) is 0 Å². The Bertz CT molecular complexity index is 981. The number of carbonyl (C=O) groups is 1. The van der Waals surface area contributed by atoms with Crippen LogP contribution in [0, 0.1) is 20.8 Å². The summed E-state index contributed by atoms with van der Waals surface area (Å²) in [5, 5.41) is 0. The van der Waals surface area contributed by atoms with Gasteiger partial charge in [0.2, 0.25) is 0 Å². The molecule has 0 radical (unpaired) electrons. The third-order valence-corrected chi connectivity index (χ3v) is 11.3. The van der Waals surface area contributed by atoms with Crippen molar-refractivity contribution in [2.24, 2.45) is 0 Å². The molecule has 3 nitrogen and oxygen atoms in total. The fourth-order valence-corrected chi connectivity index (χ4v) is 7.76. The number of carbonyl (C=O) groups excluding carboxylic acids is 1. The lowest BCUT2D eigenvalue weighted by molar-refractivity contribution is -0.134. The number of ether oxygens (including phenoxy) is 2. The van der Waals surface area contributed by atoms with Crippen molar-refractivity contribution in [1.29, 1.82) is 0 Å². The Labute approximate surface area is 299 Å². The first kappa shape index (κ1) is 42.7. The molecule has 0 N–H and O–H groups in total. The fourth-order valence-electron chi connectivity index (χ4n) is 7.76. The van der Waals surface area contributed by atoms with Gasteiger partial charge in [0.1, 0.15) is 17.1 Å². The predicted molar refractivity (Wildman–Crippen MR) is 209 cm³/mol. The molecule has 0 saturated heterocycles. The summed E-state index contributed by atoms with van der Waals surface area (Å²) in [5.74, 6) is 1.76. The Hall–Kier alpha value is -1.51. The monoisotopic (exact) mass is 669 g/mol. The quantitative estimate of drug-likeness (QED) is 0.0465. The van der Waals surface area contributed by atoms with Crippen LogP contribution in [0.5, 0.6) is 11.5 Å². The van der Waals surface area contributed by atoms with Crippen LogP contribution >= 0.6 is 0 Å². The lowest BCUT2D eigenvalue weighted by Crippen LogP contribution is -2.37. The van der Waals surface area contributed by atoms with Crippen molar-refractivity contribution in [2.45, 2.75) is 246 Å². The highest BCUT2D eigenvalue weighted by Gasteiger charge is 2.34. The summed E-state index contributed by atoms with van der Waals surface area (Å²) < 4.78 is 12.8. The van der Waals surface area contributed by atoms with E-state index in [2.05, 4.69) is 41.5 Å². The van der Waals surface area contributed by atoms with E-state index >= 15 is 0 Å². The second-order valence-corrected chi connectivity index (χ2v) is 15.9. The van der Waals surface area contributed by atoms with Crippen LogP contribution in [0.15, 0.2) is 0 Å². The highest BCUT2D eigenvalue weighted by atomic mass is 16.5. The zero-order chi connectivity index (χ0) is 34.9. The number of hydrogen-bond acceptors (Lipinski definition) is 3. The van der Waals surface area contributed by atoms with Crippen molar-refractivity contribution in [3.63, 3.8) is 0 Å². The smallest absolute Gasteiger partial charge is 0.311 e. The zero-order valence-corrected chi connectivity index (χ0v) is 33.1. The van der Waals surface area contributed by atoms with Gasteiger partial charge < -0.3 is 9.47 Å². The molecule has 48 heavy (non-hydrogen) atoms. The van der Waals surface area contributed by atoms with Crippen LogP contribution in [0.3, 0.4) is 0 Å². The molecule has 2 rings (SSSR count). The van der Waals surface area contributed by atoms with Crippen molar-refractivity contribution in [1.82, 2.24) is 0 Å². The Balaban J connectivity index is 1.62. The number of esters is 1. The molecule has 0 bridgehead atoms. The largest absolute Gasteiger partial charge is 0.487 e. The fraction of sp³-hybridized carbons (Fsp3) is 0.844. The molecule has 1 atom stereocenters. The summed E-state index contributed by atoms with van der Waals surface area (Å²) in [6.07, 6.45) is 40.2. The van der Waals surface area contributed by atoms with Crippen molar-refractivity contribution in [3.8, 4) is 11.5 Å². The van der Waals surface area contributed by atoms with Crippen LogP contribution in [0.1, 0.15) is 236 Å². The van der Waals surface area contributed by atoms with E-state index in [9.17, 15) is 4.79 Å². The lowest BCUT2D eigenvalue weighted by atomic mass is 9.84. The van der Waals surface area contributed by atoms with Crippen molar-refractivity contribution in [2.75, 3.05) is 0 Å². The van der Waals surface area contributed by atoms with Crippen molar-refractivity contribution < 1.29 is 14.3 Å². The van der Waals surface area contributed by atoms with Gasteiger partial charge in [-0.15, -0.1) is 0 Å². The highest BCUT2D eigenvalue weighted by Crippen LogP contribution is 2.45. The summed E-state index contributed by atoms with van der Waals surface area (Å²) in [4.78, 5) is 12.9. The van der Waals surface area contributed by atoms with E-state index in [1.807, 2.05) is 0 Å². The second kappa shape index (κ2) is 26.3. The molecule has 0 spiro atoms. The van der Waals surface area contributed by atoms with Gasteiger partial charge in [-0.1, -0.05) is 174 Å². The maximum Gasteiger partial charge on any atom is 0.311 e. The molecule has 1 unspecified atom stereocenters. The molecule has 1 heterocycles. The first-order valence-electron chi connectivity index (χ1n) is 21.3. The van der Waals surface area contributed by atoms with Crippen LogP contribution < -0.4 is 9.47 Å². The van der Waals surface area contributed by atoms with E-state index < -0.39 is 0 Å². The molecular weight excluding hydrogens is 588 g/mol. The Kier molecular flexibility index (Phi) is 23.4. The van der Waals surface area contributed by atoms with E-state index in [-0.39, 0.29) is 11.6 Å². The highest BCUT2D eigenvalue weighted by molar-refractivity contribution is 5.74. The molecule has 0 aromatic heterocycles. The first-order chi connectivity index (χ1) is 23.3. The molecule has 1 aliphatic rings. The maximum absolute atomic E-state index is 12.9. The summed E-state index contributed by atoms with van der Waals surface area (Å²) in [7, 11) is 0. The number of benzene rings is 1. The summed E-state index contributed by atoms with van der Waals surface area (Å²) in [5.41, 5.74) is 4.46. The zero-order valence-electron chi connectivity index (χ0n) is 33.1. The summed E-state index contributed by atoms with van der Waals surface area (Å²) in [6.45, 7) is 13.3. The van der Waals surface area contributed by atoms with E-state index in [4.69, 9.17) is 9.47 Å². The minimum atomic E-state index is -0.0970. The molecule has 0 amide bonds. The summed E-state index contributed by atoms with van der Waals surface area (Å²) >= 11 is 0. The Morgan fingerprint density at radius 2 is 0.958 bits per heavy atom. The van der Waals surface area contributed by atoms with Gasteiger partial charge >= 0.3 is 5.97 Å². The van der Waals surface area contributed by atoms with Gasteiger partial charge in [0.05, 0.1) is 0 Å². The van der Waals surface area contributed by atoms with E-state index in [1.54, 1.807) is 0 Å². The second-order valence-electron chi connectivity index (χ2n) is 15.9. The van der Waals surface area contributed by atoms with E-state index in [0.29, 0.717) is 6.42 Å². The third-order valence-electron chi connectivity index (χ3n) is 11.3. The van der Waals surface area contributed by atoms with Crippen LogP contribution in [0.4, 0.5) is 0 Å². The first-order valence-corrected chi connectivity index (χ1v) is 21.3. The van der Waals surface area contributed by atoms with Gasteiger partial charge in [0.25, 0.3) is 0 Å². The summed E-state index contributed by atoms with van der Waals surface area (Å²) in [6, 6.07) is 0. The van der Waals surface area contributed by atoms with Crippen LogP contribution in [0.25, 0.3) is 0 Å². The maximum atomic E-state index is 12.9. The molecule has 3 heteroatoms. The average molecular weight is 669 g/mol. The third kappa shape index (κ3) is 17.4. The van der Waals surface area contributed by atoms with E-state index in [1.165, 1.54) is 166 Å². The van der Waals surface area contributed by atoms with Crippen LogP contribution in [-0.4, -0.2) is 11.6 Å². The van der Waals surface area contributed by atoms with Gasteiger partial charge in [0.15, 0.2) is 0 Å². The average Bonchev–Trinajstić information content (AvgIpc) is 3.08. The van der Waals surface area contributed by atoms with Crippen molar-refractivity contribution in [3.05, 3.63) is 22.3 Å². The molecule has 278 valence electrons. The SMILES string of the molecule is CCCCCCCCCCCCCCCCC1(C)CCc2c(C)c(OC(=O)CCCCCCCCCCCCCCC)c(C)c(C)c2O1. The molecule has 1 aromatic rings. The van der Waals surface area contributed by atoms with Gasteiger partial charge in [-0.25, -0.2) is 0 Å². The molecular formula is C45H80O3. The van der Waals surface area contributed by atoms with Gasteiger partial charge in [-0.2, -0.15) is 0 Å². The topological polar surface area (TPSA) is 35.5 Å². The number of hydrogen-bond donors (Lipinski definition) is 0. The van der Waals surface area contributed by atoms with Gasteiger partial charge in [0, 0.05) is 12.0 Å². The molecule has 0 saturated carbocycles. The van der Waals surface area contributed by atoms with Gasteiger partial charge in [-0.3, -0.25) is 4.79 Å². The van der Waals surface area contributed by atoms with Gasteiger partial charge in [-0.05, 0) is 76.5 Å². The Morgan fingerprint density at radius 1 is 0.562 bits per heavy atom. The van der Waals surface area contributed by atoms with E-state index in [0.717, 1.165) is 60.3 Å². The normalized spacial score (nSPS) is 15.8.